The molecule has 0 atom stereocenters. The topological polar surface area (TPSA) is 59.6 Å². The van der Waals surface area contributed by atoms with E-state index in [1.165, 1.54) is 5.56 Å². The zero-order valence-corrected chi connectivity index (χ0v) is 15.5. The van der Waals surface area contributed by atoms with Crippen LogP contribution in [-0.2, 0) is 4.79 Å². The van der Waals surface area contributed by atoms with E-state index in [1.54, 1.807) is 14.2 Å². The molecule has 0 saturated carbocycles. The molecule has 0 heterocycles. The summed E-state index contributed by atoms with van der Waals surface area (Å²) in [5, 5.41) is 6.03. The molecule has 2 aromatic carbocycles. The molecule has 5 heteroatoms. The second-order valence-corrected chi connectivity index (χ2v) is 6.20. The normalized spacial score (nSPS) is 10.5. The van der Waals surface area contributed by atoms with E-state index in [0.29, 0.717) is 17.4 Å². The molecule has 0 radical (unpaired) electrons. The molecule has 0 aromatic heterocycles. The van der Waals surface area contributed by atoms with Crippen molar-refractivity contribution < 1.29 is 14.3 Å². The Hall–Kier alpha value is -2.69. The van der Waals surface area contributed by atoms with Gasteiger partial charge in [0.15, 0.2) is 11.5 Å². The summed E-state index contributed by atoms with van der Waals surface area (Å²) >= 11 is 0. The van der Waals surface area contributed by atoms with Crippen LogP contribution in [0, 0.1) is 6.92 Å². The van der Waals surface area contributed by atoms with E-state index in [9.17, 15) is 4.79 Å². The van der Waals surface area contributed by atoms with E-state index in [-0.39, 0.29) is 12.5 Å². The molecule has 0 bridgehead atoms. The monoisotopic (exact) mass is 342 g/mol. The Morgan fingerprint density at radius 1 is 1.04 bits per heavy atom. The highest BCUT2D eigenvalue weighted by molar-refractivity contribution is 5.93. The smallest absolute Gasteiger partial charge is 0.243 e. The van der Waals surface area contributed by atoms with Crippen molar-refractivity contribution in [3.05, 3.63) is 47.5 Å². The van der Waals surface area contributed by atoms with Gasteiger partial charge in [-0.3, -0.25) is 4.79 Å². The third-order valence-electron chi connectivity index (χ3n) is 4.03. The van der Waals surface area contributed by atoms with Gasteiger partial charge in [-0.1, -0.05) is 26.0 Å². The predicted molar refractivity (Wildman–Crippen MR) is 102 cm³/mol. The first-order valence-corrected chi connectivity index (χ1v) is 8.31. The maximum atomic E-state index is 12.2. The van der Waals surface area contributed by atoms with Gasteiger partial charge in [-0.05, 0) is 42.2 Å². The Bertz CT molecular complexity index is 724. The van der Waals surface area contributed by atoms with Gasteiger partial charge in [0.2, 0.25) is 5.91 Å². The van der Waals surface area contributed by atoms with Gasteiger partial charge in [0.05, 0.1) is 20.8 Å². The summed E-state index contributed by atoms with van der Waals surface area (Å²) in [7, 11) is 3.19. The van der Waals surface area contributed by atoms with Crippen LogP contribution in [0.25, 0.3) is 0 Å². The third kappa shape index (κ3) is 4.89. The molecule has 0 aliphatic carbocycles. The number of rotatable bonds is 7. The van der Waals surface area contributed by atoms with Crippen LogP contribution < -0.4 is 20.1 Å². The van der Waals surface area contributed by atoms with Crippen molar-refractivity contribution in [3.8, 4) is 11.5 Å². The van der Waals surface area contributed by atoms with E-state index < -0.39 is 0 Å². The Morgan fingerprint density at radius 2 is 1.64 bits per heavy atom. The molecule has 0 spiro atoms. The average molecular weight is 342 g/mol. The van der Waals surface area contributed by atoms with Gasteiger partial charge in [-0.15, -0.1) is 0 Å². The lowest BCUT2D eigenvalue weighted by Gasteiger charge is -2.14. The summed E-state index contributed by atoms with van der Waals surface area (Å²) in [6.45, 7) is 6.40. The van der Waals surface area contributed by atoms with Gasteiger partial charge in [0.25, 0.3) is 0 Å². The summed E-state index contributed by atoms with van der Waals surface area (Å²) in [6.07, 6.45) is 0. The van der Waals surface area contributed by atoms with Crippen LogP contribution in [0.1, 0.15) is 30.9 Å². The number of ether oxygens (including phenoxy) is 2. The molecule has 5 nitrogen and oxygen atoms in total. The third-order valence-corrected chi connectivity index (χ3v) is 4.03. The number of aryl methyl sites for hydroxylation is 1. The molecule has 0 aliphatic heterocycles. The first-order valence-electron chi connectivity index (χ1n) is 8.31. The van der Waals surface area contributed by atoms with Crippen LogP contribution in [0.15, 0.2) is 36.4 Å². The number of nitrogens with one attached hydrogen (secondary N) is 2. The minimum atomic E-state index is -0.105. The van der Waals surface area contributed by atoms with E-state index >= 15 is 0 Å². The number of hydrogen-bond acceptors (Lipinski definition) is 4. The minimum Gasteiger partial charge on any atom is -0.493 e. The highest BCUT2D eigenvalue weighted by Gasteiger charge is 2.10. The van der Waals surface area contributed by atoms with Crippen molar-refractivity contribution in [2.75, 3.05) is 31.4 Å². The summed E-state index contributed by atoms with van der Waals surface area (Å²) in [4.78, 5) is 12.2. The molecule has 1 amide bonds. The summed E-state index contributed by atoms with van der Waals surface area (Å²) < 4.78 is 10.6. The van der Waals surface area contributed by atoms with Crippen molar-refractivity contribution in [1.82, 2.24) is 0 Å². The average Bonchev–Trinajstić information content (AvgIpc) is 2.60. The zero-order chi connectivity index (χ0) is 18.4. The van der Waals surface area contributed by atoms with E-state index in [2.05, 4.69) is 24.5 Å². The highest BCUT2D eigenvalue weighted by Crippen LogP contribution is 2.32. The largest absolute Gasteiger partial charge is 0.493 e. The minimum absolute atomic E-state index is 0.105. The fourth-order valence-corrected chi connectivity index (χ4v) is 2.50. The van der Waals surface area contributed by atoms with Crippen LogP contribution in [0.2, 0.25) is 0 Å². The molecule has 0 unspecified atom stereocenters. The Morgan fingerprint density at radius 3 is 2.20 bits per heavy atom. The summed E-state index contributed by atoms with van der Waals surface area (Å²) in [5.41, 5.74) is 3.85. The quantitative estimate of drug-likeness (QED) is 0.792. The maximum absolute atomic E-state index is 12.2. The molecule has 0 saturated heterocycles. The lowest BCUT2D eigenvalue weighted by atomic mass is 10.0. The summed E-state index contributed by atoms with van der Waals surface area (Å²) in [5.74, 6) is 1.66. The van der Waals surface area contributed by atoms with Crippen LogP contribution >= 0.6 is 0 Å². The molecule has 2 rings (SSSR count). The number of methoxy groups -OCH3 is 2. The van der Waals surface area contributed by atoms with Gasteiger partial charge in [-0.25, -0.2) is 0 Å². The fourth-order valence-electron chi connectivity index (χ4n) is 2.50. The number of carbonyl (C=O) groups excluding carboxylic acids is 1. The molecule has 0 fully saturated rings. The molecule has 2 aromatic rings. The molecular formula is C20H26N2O3. The van der Waals surface area contributed by atoms with Gasteiger partial charge >= 0.3 is 0 Å². The van der Waals surface area contributed by atoms with Gasteiger partial charge in [0, 0.05) is 17.4 Å². The second-order valence-electron chi connectivity index (χ2n) is 6.20. The Balaban J connectivity index is 1.97. The van der Waals surface area contributed by atoms with Gasteiger partial charge in [0.1, 0.15) is 0 Å². The standard InChI is InChI=1S/C20H26N2O3/c1-13(2)15-6-8-16(9-7-15)22-20(23)12-21-17-11-19(25-5)18(24-4)10-14(17)3/h6-11,13,21H,12H2,1-5H3,(H,22,23). The van der Waals surface area contributed by atoms with Gasteiger partial charge < -0.3 is 20.1 Å². The zero-order valence-electron chi connectivity index (χ0n) is 15.5. The first kappa shape index (κ1) is 18.6. The van der Waals surface area contributed by atoms with Crippen LogP contribution in [0.5, 0.6) is 11.5 Å². The lowest BCUT2D eigenvalue weighted by Crippen LogP contribution is -2.22. The Kier molecular flexibility index (Phi) is 6.28. The van der Waals surface area contributed by atoms with Crippen molar-refractivity contribution in [2.45, 2.75) is 26.7 Å². The molecule has 0 aliphatic rings. The predicted octanol–water partition coefficient (Wildman–Crippen LogP) is 4.19. The second kappa shape index (κ2) is 8.42. The van der Waals surface area contributed by atoms with Crippen LogP contribution in [0.4, 0.5) is 11.4 Å². The number of benzene rings is 2. The van der Waals surface area contributed by atoms with Crippen LogP contribution in [-0.4, -0.2) is 26.7 Å². The molecule has 25 heavy (non-hydrogen) atoms. The number of hydrogen-bond donors (Lipinski definition) is 2. The first-order chi connectivity index (χ1) is 11.9. The van der Waals surface area contributed by atoms with E-state index in [0.717, 1.165) is 16.9 Å². The fraction of sp³-hybridized carbons (Fsp3) is 0.350. The van der Waals surface area contributed by atoms with E-state index in [4.69, 9.17) is 9.47 Å². The number of anilines is 2. The van der Waals surface area contributed by atoms with Gasteiger partial charge in [-0.2, -0.15) is 0 Å². The lowest BCUT2D eigenvalue weighted by molar-refractivity contribution is -0.114. The van der Waals surface area contributed by atoms with Crippen molar-refractivity contribution >= 4 is 17.3 Å². The summed E-state index contributed by atoms with van der Waals surface area (Å²) in [6, 6.07) is 11.6. The molecular weight excluding hydrogens is 316 g/mol. The number of amides is 1. The number of carbonyl (C=O) groups is 1. The van der Waals surface area contributed by atoms with Crippen LogP contribution in [0.3, 0.4) is 0 Å². The van der Waals surface area contributed by atoms with E-state index in [1.807, 2.05) is 43.3 Å². The Labute approximate surface area is 149 Å². The highest BCUT2D eigenvalue weighted by atomic mass is 16.5. The maximum Gasteiger partial charge on any atom is 0.243 e. The molecule has 2 N–H and O–H groups in total. The van der Waals surface area contributed by atoms with Crippen molar-refractivity contribution in [3.63, 3.8) is 0 Å². The van der Waals surface area contributed by atoms with Crippen molar-refractivity contribution in [1.29, 1.82) is 0 Å². The van der Waals surface area contributed by atoms with Crippen molar-refractivity contribution in [2.24, 2.45) is 0 Å². The molecule has 134 valence electrons. The SMILES string of the molecule is COc1cc(C)c(NCC(=O)Nc2ccc(C(C)C)cc2)cc1OC.